The number of benzene rings is 2. The molecule has 0 heterocycles. The molecule has 80 valence electrons. The van der Waals surface area contributed by atoms with Crippen molar-refractivity contribution in [2.75, 3.05) is 5.43 Å². The summed E-state index contributed by atoms with van der Waals surface area (Å²) in [5.41, 5.74) is 4.68. The van der Waals surface area contributed by atoms with Crippen molar-refractivity contribution in [3.8, 4) is 5.75 Å². The fraction of sp³-hybridized carbons (Fsp3) is 0. The minimum atomic E-state index is 0.240. The summed E-state index contributed by atoms with van der Waals surface area (Å²) in [6.07, 6.45) is 1.66. The van der Waals surface area contributed by atoms with Crippen LogP contribution in [0.25, 0.3) is 0 Å². The molecule has 0 aliphatic carbocycles. The number of hydrogen-bond acceptors (Lipinski definition) is 3. The number of para-hydroxylation sites is 1. The molecule has 2 aromatic rings. The van der Waals surface area contributed by atoms with E-state index in [4.69, 9.17) is 0 Å². The molecular formula is C13H12N2O. The SMILES string of the molecule is Oc1cccc(/C=N/Nc2ccccc2)c1. The minimum absolute atomic E-state index is 0.240. The van der Waals surface area contributed by atoms with Gasteiger partial charge in [0.05, 0.1) is 11.9 Å². The third-order valence-corrected chi connectivity index (χ3v) is 2.05. The number of phenols is 1. The lowest BCUT2D eigenvalue weighted by Gasteiger charge is -1.98. The van der Waals surface area contributed by atoms with Gasteiger partial charge in [0.2, 0.25) is 0 Å². The largest absolute Gasteiger partial charge is 0.508 e. The Hall–Kier alpha value is -2.29. The van der Waals surface area contributed by atoms with Gasteiger partial charge in [0, 0.05) is 0 Å². The number of aromatic hydroxyl groups is 1. The van der Waals surface area contributed by atoms with E-state index in [-0.39, 0.29) is 5.75 Å². The number of nitrogens with zero attached hydrogens (tertiary/aromatic N) is 1. The van der Waals surface area contributed by atoms with Crippen LogP contribution in [0, 0.1) is 0 Å². The quantitative estimate of drug-likeness (QED) is 0.607. The molecule has 0 bridgehead atoms. The Bertz CT molecular complexity index is 480. The lowest BCUT2D eigenvalue weighted by atomic mass is 10.2. The number of rotatable bonds is 3. The van der Waals surface area contributed by atoms with Gasteiger partial charge in [0.1, 0.15) is 5.75 Å². The van der Waals surface area contributed by atoms with Crippen molar-refractivity contribution in [3.05, 3.63) is 60.2 Å². The van der Waals surface area contributed by atoms with Crippen LogP contribution in [0.5, 0.6) is 5.75 Å². The highest BCUT2D eigenvalue weighted by molar-refractivity contribution is 5.80. The van der Waals surface area contributed by atoms with Gasteiger partial charge in [0.15, 0.2) is 0 Å². The number of anilines is 1. The van der Waals surface area contributed by atoms with Crippen LogP contribution in [0.15, 0.2) is 59.7 Å². The van der Waals surface area contributed by atoms with Gasteiger partial charge >= 0.3 is 0 Å². The second kappa shape index (κ2) is 4.98. The number of hydrogen-bond donors (Lipinski definition) is 2. The third kappa shape index (κ3) is 2.85. The molecule has 2 N–H and O–H groups in total. The molecule has 0 aromatic heterocycles. The molecule has 2 rings (SSSR count). The molecule has 0 amide bonds. The lowest BCUT2D eigenvalue weighted by Crippen LogP contribution is -1.89. The molecular weight excluding hydrogens is 200 g/mol. The molecule has 2 aromatic carbocycles. The number of phenolic OH excluding ortho intramolecular Hbond substituents is 1. The minimum Gasteiger partial charge on any atom is -0.508 e. The van der Waals surface area contributed by atoms with Crippen molar-refractivity contribution >= 4 is 11.9 Å². The van der Waals surface area contributed by atoms with E-state index in [0.29, 0.717) is 0 Å². The first-order chi connectivity index (χ1) is 7.84. The summed E-state index contributed by atoms with van der Waals surface area (Å²) < 4.78 is 0. The molecule has 0 unspecified atom stereocenters. The molecule has 0 spiro atoms. The normalized spacial score (nSPS) is 10.5. The van der Waals surface area contributed by atoms with Crippen molar-refractivity contribution < 1.29 is 5.11 Å². The molecule has 3 heteroatoms. The van der Waals surface area contributed by atoms with Crippen molar-refractivity contribution in [2.24, 2.45) is 5.10 Å². The van der Waals surface area contributed by atoms with E-state index in [1.165, 1.54) is 0 Å². The Morgan fingerprint density at radius 3 is 2.56 bits per heavy atom. The maximum absolute atomic E-state index is 9.25. The van der Waals surface area contributed by atoms with Crippen molar-refractivity contribution in [1.82, 2.24) is 0 Å². The summed E-state index contributed by atoms with van der Waals surface area (Å²) in [5, 5.41) is 13.3. The van der Waals surface area contributed by atoms with Gasteiger partial charge in [-0.2, -0.15) is 5.10 Å². The maximum atomic E-state index is 9.25. The Morgan fingerprint density at radius 2 is 1.81 bits per heavy atom. The van der Waals surface area contributed by atoms with Crippen LogP contribution in [0.2, 0.25) is 0 Å². The Balaban J connectivity index is 2.00. The third-order valence-electron chi connectivity index (χ3n) is 2.05. The van der Waals surface area contributed by atoms with E-state index in [1.807, 2.05) is 36.4 Å². The van der Waals surface area contributed by atoms with Gasteiger partial charge < -0.3 is 5.11 Å². The fourth-order valence-corrected chi connectivity index (χ4v) is 1.30. The monoisotopic (exact) mass is 212 g/mol. The van der Waals surface area contributed by atoms with E-state index in [9.17, 15) is 5.11 Å². The summed E-state index contributed by atoms with van der Waals surface area (Å²) in [7, 11) is 0. The van der Waals surface area contributed by atoms with E-state index in [2.05, 4.69) is 10.5 Å². The molecule has 0 aliphatic heterocycles. The van der Waals surface area contributed by atoms with Crippen LogP contribution in [-0.2, 0) is 0 Å². The zero-order valence-electron chi connectivity index (χ0n) is 8.67. The predicted molar refractivity (Wildman–Crippen MR) is 65.8 cm³/mol. The number of nitrogens with one attached hydrogen (secondary N) is 1. The van der Waals surface area contributed by atoms with Gasteiger partial charge in [-0.05, 0) is 29.8 Å². The zero-order valence-corrected chi connectivity index (χ0v) is 8.67. The smallest absolute Gasteiger partial charge is 0.116 e. The van der Waals surface area contributed by atoms with Crippen molar-refractivity contribution in [2.45, 2.75) is 0 Å². The summed E-state index contributed by atoms with van der Waals surface area (Å²) in [4.78, 5) is 0. The first-order valence-corrected chi connectivity index (χ1v) is 4.98. The summed E-state index contributed by atoms with van der Waals surface area (Å²) in [6.45, 7) is 0. The Kier molecular flexibility index (Phi) is 3.18. The predicted octanol–water partition coefficient (Wildman–Crippen LogP) is 2.84. The summed E-state index contributed by atoms with van der Waals surface area (Å²) in [6, 6.07) is 16.6. The molecule has 0 saturated carbocycles. The van der Waals surface area contributed by atoms with Gasteiger partial charge in [-0.3, -0.25) is 5.43 Å². The number of hydrazone groups is 1. The molecule has 3 nitrogen and oxygen atoms in total. The average Bonchev–Trinajstić information content (AvgIpc) is 2.30. The molecule has 16 heavy (non-hydrogen) atoms. The summed E-state index contributed by atoms with van der Waals surface area (Å²) >= 11 is 0. The first kappa shape index (κ1) is 10.2. The van der Waals surface area contributed by atoms with Gasteiger partial charge in [-0.25, -0.2) is 0 Å². The highest BCUT2D eigenvalue weighted by atomic mass is 16.3. The molecule has 0 fully saturated rings. The van der Waals surface area contributed by atoms with Crippen LogP contribution in [-0.4, -0.2) is 11.3 Å². The lowest BCUT2D eigenvalue weighted by molar-refractivity contribution is 0.475. The van der Waals surface area contributed by atoms with Crippen LogP contribution in [0.1, 0.15) is 5.56 Å². The van der Waals surface area contributed by atoms with Crippen LogP contribution in [0.3, 0.4) is 0 Å². The van der Waals surface area contributed by atoms with Crippen molar-refractivity contribution in [1.29, 1.82) is 0 Å². The van der Waals surface area contributed by atoms with Gasteiger partial charge in [-0.1, -0.05) is 30.3 Å². The first-order valence-electron chi connectivity index (χ1n) is 4.98. The van der Waals surface area contributed by atoms with Crippen LogP contribution < -0.4 is 5.43 Å². The molecule has 0 aliphatic rings. The van der Waals surface area contributed by atoms with E-state index >= 15 is 0 Å². The maximum Gasteiger partial charge on any atom is 0.116 e. The molecule has 0 saturated heterocycles. The molecule has 0 atom stereocenters. The molecule has 0 radical (unpaired) electrons. The Morgan fingerprint density at radius 1 is 1.00 bits per heavy atom. The van der Waals surface area contributed by atoms with E-state index in [0.717, 1.165) is 11.3 Å². The van der Waals surface area contributed by atoms with E-state index < -0.39 is 0 Å². The van der Waals surface area contributed by atoms with Gasteiger partial charge in [0.25, 0.3) is 0 Å². The van der Waals surface area contributed by atoms with Gasteiger partial charge in [-0.15, -0.1) is 0 Å². The highest BCUT2D eigenvalue weighted by Gasteiger charge is 1.89. The average molecular weight is 212 g/mol. The summed E-state index contributed by atoms with van der Waals surface area (Å²) in [5.74, 6) is 0.240. The highest BCUT2D eigenvalue weighted by Crippen LogP contribution is 2.09. The van der Waals surface area contributed by atoms with Crippen LogP contribution in [0.4, 0.5) is 5.69 Å². The second-order valence-electron chi connectivity index (χ2n) is 3.33. The second-order valence-corrected chi connectivity index (χ2v) is 3.33. The Labute approximate surface area is 94.1 Å². The standard InChI is InChI=1S/C13H12N2O/c16-13-8-4-5-11(9-13)10-14-15-12-6-2-1-3-7-12/h1-10,15-16H/b14-10+. The van der Waals surface area contributed by atoms with E-state index in [1.54, 1.807) is 24.4 Å². The van der Waals surface area contributed by atoms with Crippen LogP contribution >= 0.6 is 0 Å². The van der Waals surface area contributed by atoms with Crippen molar-refractivity contribution in [3.63, 3.8) is 0 Å². The fourth-order valence-electron chi connectivity index (χ4n) is 1.30. The zero-order chi connectivity index (χ0) is 11.2. The topological polar surface area (TPSA) is 44.6 Å².